The van der Waals surface area contributed by atoms with E-state index in [4.69, 9.17) is 14.9 Å². The molecule has 1 aliphatic carbocycles. The van der Waals surface area contributed by atoms with Crippen LogP contribution in [0.1, 0.15) is 25.7 Å². The van der Waals surface area contributed by atoms with Crippen LogP contribution in [-0.4, -0.2) is 21.3 Å². The molecular weight excluding hydrogens is 218 g/mol. The molecule has 5 nitrogen and oxygen atoms in total. The third-order valence-corrected chi connectivity index (χ3v) is 2.80. The van der Waals surface area contributed by atoms with Gasteiger partial charge in [-0.2, -0.15) is 0 Å². The third kappa shape index (κ3) is 3.58. The molecule has 7 heteroatoms. The van der Waals surface area contributed by atoms with Gasteiger partial charge < -0.3 is 0 Å². The second-order valence-electron chi connectivity index (χ2n) is 3.01. The van der Waals surface area contributed by atoms with E-state index in [1.807, 2.05) is 0 Å². The minimum atomic E-state index is -1.78. The number of halogens is 1. The molecule has 0 aromatic rings. The first kappa shape index (κ1) is 10.9. The van der Waals surface area contributed by atoms with E-state index in [-0.39, 0.29) is 11.0 Å². The first-order valence-corrected chi connectivity index (χ1v) is 5.88. The summed E-state index contributed by atoms with van der Waals surface area (Å²) in [5, 5.41) is 10.4. The topological polar surface area (TPSA) is 69.4 Å². The van der Waals surface area contributed by atoms with Gasteiger partial charge >= 0.3 is 0 Å². The Morgan fingerprint density at radius 3 is 2.31 bits per heavy atom. The monoisotopic (exact) mass is 227 g/mol. The average Bonchev–Trinajstić information content (AvgIpc) is 2.04. The standard InChI is InChI=1S/C6H10ClNO4S/c7-13(11)12-6-3-1-5(2-4-6)8(9)10/h5-6H,1-4H2. The lowest BCUT2D eigenvalue weighted by molar-refractivity contribution is -0.527. The van der Waals surface area contributed by atoms with Crippen LogP contribution >= 0.6 is 10.7 Å². The molecule has 1 saturated carbocycles. The molecule has 1 rings (SSSR count). The lowest BCUT2D eigenvalue weighted by Crippen LogP contribution is -2.29. The Bertz CT molecular complexity index is 217. The predicted octanol–water partition coefficient (Wildman–Crippen LogP) is 1.41. The van der Waals surface area contributed by atoms with E-state index >= 15 is 0 Å². The summed E-state index contributed by atoms with van der Waals surface area (Å²) in [6.45, 7) is 0. The molecule has 0 N–H and O–H groups in total. The van der Waals surface area contributed by atoms with E-state index in [1.165, 1.54) is 0 Å². The quantitative estimate of drug-likeness (QED) is 0.415. The van der Waals surface area contributed by atoms with E-state index in [0.717, 1.165) is 0 Å². The van der Waals surface area contributed by atoms with Crippen molar-refractivity contribution in [2.75, 3.05) is 0 Å². The van der Waals surface area contributed by atoms with Gasteiger partial charge in [0.15, 0.2) is 0 Å². The molecule has 0 amide bonds. The highest BCUT2D eigenvalue weighted by atomic mass is 35.7. The highest BCUT2D eigenvalue weighted by Crippen LogP contribution is 2.23. The van der Waals surface area contributed by atoms with Crippen LogP contribution in [0.4, 0.5) is 0 Å². The second kappa shape index (κ2) is 4.88. The smallest absolute Gasteiger partial charge is 0.256 e. The lowest BCUT2D eigenvalue weighted by Gasteiger charge is -2.21. The Morgan fingerprint density at radius 2 is 1.92 bits per heavy atom. The molecule has 13 heavy (non-hydrogen) atoms. The summed E-state index contributed by atoms with van der Waals surface area (Å²) < 4.78 is 15.3. The third-order valence-electron chi connectivity index (χ3n) is 2.15. The maximum absolute atomic E-state index is 10.4. The van der Waals surface area contributed by atoms with Crippen molar-refractivity contribution in [3.8, 4) is 0 Å². The fourth-order valence-electron chi connectivity index (χ4n) is 1.46. The number of hydrogen-bond acceptors (Lipinski definition) is 4. The van der Waals surface area contributed by atoms with Gasteiger partial charge in [0.25, 0.3) is 10.3 Å². The normalized spacial score (nSPS) is 31.2. The number of hydrogen-bond donors (Lipinski definition) is 0. The van der Waals surface area contributed by atoms with Crippen LogP contribution in [0.15, 0.2) is 0 Å². The molecular formula is C6H10ClNO4S. The largest absolute Gasteiger partial charge is 0.275 e. The summed E-state index contributed by atoms with van der Waals surface area (Å²) in [6, 6.07) is -0.469. The summed E-state index contributed by atoms with van der Waals surface area (Å²) >= 11 is 0. The van der Waals surface area contributed by atoms with Crippen LogP contribution in [0.5, 0.6) is 0 Å². The van der Waals surface area contributed by atoms with Crippen molar-refractivity contribution in [2.45, 2.75) is 37.8 Å². The molecule has 1 unspecified atom stereocenters. The molecule has 1 atom stereocenters. The second-order valence-corrected chi connectivity index (χ2v) is 4.34. The molecule has 76 valence electrons. The summed E-state index contributed by atoms with van der Waals surface area (Å²) in [7, 11) is 3.34. The maximum Gasteiger partial charge on any atom is 0.256 e. The Hall–Kier alpha value is -0.200. The zero-order valence-corrected chi connectivity index (χ0v) is 8.42. The van der Waals surface area contributed by atoms with Crippen molar-refractivity contribution in [2.24, 2.45) is 0 Å². The summed E-state index contributed by atoms with van der Waals surface area (Å²) in [4.78, 5) is 10.1. The van der Waals surface area contributed by atoms with E-state index in [9.17, 15) is 14.3 Å². The van der Waals surface area contributed by atoms with Crippen molar-refractivity contribution in [3.05, 3.63) is 10.1 Å². The van der Waals surface area contributed by atoms with Crippen LogP contribution in [0.2, 0.25) is 0 Å². The zero-order chi connectivity index (χ0) is 9.84. The van der Waals surface area contributed by atoms with Crippen molar-refractivity contribution in [1.82, 2.24) is 0 Å². The van der Waals surface area contributed by atoms with Gasteiger partial charge in [-0.15, -0.1) is 0 Å². The summed E-state index contributed by atoms with van der Waals surface area (Å²) in [6.07, 6.45) is 1.89. The van der Waals surface area contributed by atoms with Crippen molar-refractivity contribution >= 4 is 21.0 Å². The molecule has 0 radical (unpaired) electrons. The van der Waals surface area contributed by atoms with E-state index < -0.39 is 16.3 Å². The number of nitro groups is 1. The molecule has 1 aliphatic rings. The van der Waals surface area contributed by atoms with Gasteiger partial charge in [0.1, 0.15) is 0 Å². The number of nitrogens with zero attached hydrogens (tertiary/aromatic N) is 1. The molecule has 0 bridgehead atoms. The minimum Gasteiger partial charge on any atom is -0.275 e. The number of rotatable bonds is 3. The molecule has 0 heterocycles. The van der Waals surface area contributed by atoms with Crippen molar-refractivity contribution in [3.63, 3.8) is 0 Å². The van der Waals surface area contributed by atoms with Crippen LogP contribution in [0.25, 0.3) is 0 Å². The van der Waals surface area contributed by atoms with Crippen LogP contribution in [0.3, 0.4) is 0 Å². The van der Waals surface area contributed by atoms with Crippen LogP contribution in [0, 0.1) is 10.1 Å². The average molecular weight is 228 g/mol. The maximum atomic E-state index is 10.4. The predicted molar refractivity (Wildman–Crippen MR) is 48.1 cm³/mol. The van der Waals surface area contributed by atoms with E-state index in [1.54, 1.807) is 0 Å². The summed E-state index contributed by atoms with van der Waals surface area (Å²) in [5.74, 6) is 0. The first-order valence-electron chi connectivity index (χ1n) is 3.98. The van der Waals surface area contributed by atoms with Gasteiger partial charge in [-0.25, -0.2) is 4.21 Å². The summed E-state index contributed by atoms with van der Waals surface area (Å²) in [5.41, 5.74) is 0. The van der Waals surface area contributed by atoms with Gasteiger partial charge in [0.2, 0.25) is 6.04 Å². The van der Waals surface area contributed by atoms with Crippen molar-refractivity contribution < 1.29 is 13.3 Å². The Labute approximate surface area is 82.7 Å². The van der Waals surface area contributed by atoms with E-state index in [0.29, 0.717) is 25.7 Å². The van der Waals surface area contributed by atoms with E-state index in [2.05, 4.69) is 0 Å². The van der Waals surface area contributed by atoms with Crippen molar-refractivity contribution in [1.29, 1.82) is 0 Å². The molecule has 0 aliphatic heterocycles. The molecule has 0 aromatic carbocycles. The van der Waals surface area contributed by atoms with Crippen LogP contribution in [-0.2, 0) is 14.5 Å². The van der Waals surface area contributed by atoms with Gasteiger partial charge in [0.05, 0.1) is 6.10 Å². The Morgan fingerprint density at radius 1 is 1.38 bits per heavy atom. The molecule has 0 spiro atoms. The first-order chi connectivity index (χ1) is 6.09. The highest BCUT2D eigenvalue weighted by molar-refractivity contribution is 8.04. The minimum absolute atomic E-state index is 0.186. The Kier molecular flexibility index (Phi) is 4.08. The van der Waals surface area contributed by atoms with Gasteiger partial charge in [-0.05, 0) is 12.8 Å². The highest BCUT2D eigenvalue weighted by Gasteiger charge is 2.29. The molecule has 1 fully saturated rings. The Balaban J connectivity index is 2.30. The fourth-order valence-corrected chi connectivity index (χ4v) is 2.17. The molecule has 0 saturated heterocycles. The van der Waals surface area contributed by atoms with Gasteiger partial charge in [-0.3, -0.25) is 14.3 Å². The lowest BCUT2D eigenvalue weighted by atomic mass is 9.94. The van der Waals surface area contributed by atoms with Crippen LogP contribution < -0.4 is 0 Å². The van der Waals surface area contributed by atoms with Gasteiger partial charge in [0, 0.05) is 28.4 Å². The SMILES string of the molecule is O=[N+]([O-])C1CCC(OS(=O)Cl)CC1. The molecule has 0 aromatic heterocycles. The zero-order valence-electron chi connectivity index (χ0n) is 6.85. The van der Waals surface area contributed by atoms with Gasteiger partial charge in [-0.1, -0.05) is 0 Å². The fraction of sp³-hybridized carbons (Fsp3) is 1.00.